The normalized spacial score (nSPS) is 20.2. The zero-order chi connectivity index (χ0) is 28.6. The number of hydrogen-bond acceptors (Lipinski definition) is 5. The maximum atomic E-state index is 13.5. The summed E-state index contributed by atoms with van der Waals surface area (Å²) in [5, 5.41) is 4.21. The van der Waals surface area contributed by atoms with Crippen molar-refractivity contribution in [2.45, 2.75) is 90.7 Å². The average Bonchev–Trinajstić information content (AvgIpc) is 3.47. The van der Waals surface area contributed by atoms with Crippen molar-refractivity contribution in [2.24, 2.45) is 0 Å². The lowest BCUT2D eigenvalue weighted by molar-refractivity contribution is -0.137. The van der Waals surface area contributed by atoms with Crippen LogP contribution in [0.3, 0.4) is 0 Å². The van der Waals surface area contributed by atoms with Gasteiger partial charge in [0.25, 0.3) is 0 Å². The summed E-state index contributed by atoms with van der Waals surface area (Å²) in [5.41, 5.74) is 4.28. The molecule has 9 heteroatoms. The summed E-state index contributed by atoms with van der Waals surface area (Å²) < 4.78 is 46.3. The van der Waals surface area contributed by atoms with Crippen molar-refractivity contribution in [3.63, 3.8) is 0 Å². The van der Waals surface area contributed by atoms with E-state index in [9.17, 15) is 18.0 Å². The molecule has 1 saturated heterocycles. The van der Waals surface area contributed by atoms with Gasteiger partial charge in [-0.2, -0.15) is 24.5 Å². The first kappa shape index (κ1) is 28.5. The quantitative estimate of drug-likeness (QED) is 0.285. The number of alkyl halides is 3. The van der Waals surface area contributed by atoms with Gasteiger partial charge >= 0.3 is 12.3 Å². The zero-order valence-electron chi connectivity index (χ0n) is 23.4. The molecule has 0 unspecified atom stereocenters. The Morgan fingerprint density at radius 1 is 1.10 bits per heavy atom. The smallest absolute Gasteiger partial charge is 0.416 e. The number of halogens is 3. The Kier molecular flexibility index (Phi) is 8.13. The summed E-state index contributed by atoms with van der Waals surface area (Å²) in [6.07, 6.45) is 1.96. The van der Waals surface area contributed by atoms with Gasteiger partial charge in [-0.1, -0.05) is 30.9 Å². The van der Waals surface area contributed by atoms with E-state index in [2.05, 4.69) is 35.6 Å². The third-order valence-corrected chi connectivity index (χ3v) is 9.09. The Morgan fingerprint density at radius 2 is 1.85 bits per heavy atom. The molecular weight excluding hydrogens is 535 g/mol. The minimum absolute atomic E-state index is 0.261. The predicted molar refractivity (Wildman–Crippen MR) is 153 cm³/mol. The minimum Gasteiger partial charge on any atom is -0.439 e. The number of carbonyl (C=O) groups is 1. The molecule has 0 N–H and O–H groups in total. The van der Waals surface area contributed by atoms with E-state index in [-0.39, 0.29) is 6.54 Å². The van der Waals surface area contributed by atoms with E-state index in [0.29, 0.717) is 17.2 Å². The average molecular weight is 572 g/mol. The fraction of sp³-hybridized carbons (Fsp3) is 0.484. The molecule has 40 heavy (non-hydrogen) atoms. The monoisotopic (exact) mass is 571 g/mol. The second-order valence-electron chi connectivity index (χ2n) is 11.1. The molecule has 0 spiro atoms. The van der Waals surface area contributed by atoms with E-state index in [1.807, 2.05) is 13.1 Å². The summed E-state index contributed by atoms with van der Waals surface area (Å²) >= 11 is 1.64. The highest BCUT2D eigenvalue weighted by Gasteiger charge is 2.41. The van der Waals surface area contributed by atoms with Crippen molar-refractivity contribution in [1.29, 1.82) is 0 Å². The number of aryl methyl sites for hydroxylation is 2. The summed E-state index contributed by atoms with van der Waals surface area (Å²) in [6.45, 7) is 8.73. The third kappa shape index (κ3) is 5.71. The number of pyridine rings is 1. The molecule has 2 fully saturated rings. The van der Waals surface area contributed by atoms with Crippen LogP contribution in [0, 0.1) is 13.8 Å². The van der Waals surface area contributed by atoms with Crippen molar-refractivity contribution in [3.8, 4) is 11.1 Å². The molecular formula is C31H36F3N3O2S. The number of amides is 1. The number of nitrogens with zero attached hydrogens (tertiary/aromatic N) is 3. The van der Waals surface area contributed by atoms with Crippen LogP contribution < -0.4 is 4.90 Å². The molecule has 1 saturated carbocycles. The molecule has 2 atom stereocenters. The Hall–Kier alpha value is -3.07. The number of hydrogen-bond donors (Lipinski definition) is 0. The second-order valence-corrected chi connectivity index (χ2v) is 11.8. The maximum Gasteiger partial charge on any atom is 0.416 e. The number of rotatable bonds is 7. The van der Waals surface area contributed by atoms with Gasteiger partial charge < -0.3 is 9.64 Å². The van der Waals surface area contributed by atoms with Crippen LogP contribution in [0.5, 0.6) is 0 Å². The number of ether oxygens (including phenoxy) is 1. The lowest BCUT2D eigenvalue weighted by Gasteiger charge is -2.36. The van der Waals surface area contributed by atoms with Crippen LogP contribution >= 0.6 is 11.3 Å². The van der Waals surface area contributed by atoms with Gasteiger partial charge in [0.05, 0.1) is 18.2 Å². The minimum atomic E-state index is -4.48. The number of anilines is 1. The third-order valence-electron chi connectivity index (χ3n) is 8.23. The lowest BCUT2D eigenvalue weighted by atomic mass is 9.93. The summed E-state index contributed by atoms with van der Waals surface area (Å²) in [4.78, 5) is 22.2. The summed E-state index contributed by atoms with van der Waals surface area (Å²) in [7, 11) is 0. The topological polar surface area (TPSA) is 45.7 Å². The molecule has 1 aliphatic carbocycles. The van der Waals surface area contributed by atoms with Gasteiger partial charge in [0, 0.05) is 29.9 Å². The lowest BCUT2D eigenvalue weighted by Crippen LogP contribution is -2.39. The van der Waals surface area contributed by atoms with Crippen molar-refractivity contribution in [3.05, 3.63) is 69.0 Å². The van der Waals surface area contributed by atoms with Gasteiger partial charge in [0.2, 0.25) is 0 Å². The molecule has 0 radical (unpaired) electrons. The Bertz CT molecular complexity index is 1370. The molecule has 3 aromatic rings. The predicted octanol–water partition coefficient (Wildman–Crippen LogP) is 8.69. The highest BCUT2D eigenvalue weighted by Crippen LogP contribution is 2.39. The Balaban J connectivity index is 1.50. The molecule has 5 nitrogen and oxygen atoms in total. The zero-order valence-corrected chi connectivity index (χ0v) is 24.2. The van der Waals surface area contributed by atoms with Gasteiger partial charge in [-0.15, -0.1) is 0 Å². The maximum absolute atomic E-state index is 13.5. The van der Waals surface area contributed by atoms with Crippen LogP contribution in [0.4, 0.5) is 23.8 Å². The first-order valence-electron chi connectivity index (χ1n) is 14.0. The molecule has 2 aliphatic rings. The van der Waals surface area contributed by atoms with Crippen molar-refractivity contribution < 1.29 is 22.7 Å². The van der Waals surface area contributed by atoms with Crippen LogP contribution in [0.25, 0.3) is 11.1 Å². The van der Waals surface area contributed by atoms with E-state index >= 15 is 0 Å². The molecule has 1 aromatic carbocycles. The molecule has 3 heterocycles. The standard InChI is InChI=1S/C31H36F3N3O2S/c1-5-36(26-9-7-6-8-10-26)29-24(13-23(15-35-29)27-18-40-17-20(27)3)16-37-21(4)28(39-30(37)38)22-11-19(2)12-25(14-22)31(32,33)34/h11-15,17-18,21,26,28H,5-10,16H2,1-4H3/t21-,28-/m0/s1. The van der Waals surface area contributed by atoms with E-state index in [1.54, 1.807) is 29.2 Å². The van der Waals surface area contributed by atoms with Crippen molar-refractivity contribution in [1.82, 2.24) is 9.88 Å². The summed E-state index contributed by atoms with van der Waals surface area (Å²) in [6, 6.07) is 5.93. The van der Waals surface area contributed by atoms with Crippen LogP contribution in [0.2, 0.25) is 0 Å². The molecule has 2 aromatic heterocycles. The number of thiophene rings is 1. The highest BCUT2D eigenvalue weighted by atomic mass is 32.1. The van der Waals surface area contributed by atoms with Crippen molar-refractivity contribution >= 4 is 23.2 Å². The van der Waals surface area contributed by atoms with Gasteiger partial charge in [-0.05, 0) is 86.2 Å². The number of aromatic nitrogens is 1. The number of benzene rings is 1. The van der Waals surface area contributed by atoms with E-state index in [4.69, 9.17) is 9.72 Å². The molecule has 0 bridgehead atoms. The second kappa shape index (κ2) is 11.4. The first-order valence-corrected chi connectivity index (χ1v) is 15.0. The molecule has 1 amide bonds. The summed E-state index contributed by atoms with van der Waals surface area (Å²) in [5.74, 6) is 0.865. The van der Waals surface area contributed by atoms with Crippen LogP contribution in [-0.4, -0.2) is 34.6 Å². The Morgan fingerprint density at radius 3 is 2.50 bits per heavy atom. The first-order chi connectivity index (χ1) is 19.1. The number of carbonyl (C=O) groups excluding carboxylic acids is 1. The molecule has 5 rings (SSSR count). The van der Waals surface area contributed by atoms with Gasteiger partial charge in [-0.25, -0.2) is 9.78 Å². The molecule has 1 aliphatic heterocycles. The fourth-order valence-corrected chi connectivity index (χ4v) is 7.00. The van der Waals surface area contributed by atoms with Gasteiger partial charge in [-0.3, -0.25) is 4.90 Å². The van der Waals surface area contributed by atoms with E-state index in [0.717, 1.165) is 54.0 Å². The fourth-order valence-electron chi connectivity index (χ4n) is 6.14. The van der Waals surface area contributed by atoms with Crippen molar-refractivity contribution in [2.75, 3.05) is 11.4 Å². The highest BCUT2D eigenvalue weighted by molar-refractivity contribution is 7.08. The number of cyclic esters (lactones) is 1. The van der Waals surface area contributed by atoms with Crippen LogP contribution in [-0.2, 0) is 17.5 Å². The van der Waals surface area contributed by atoms with Gasteiger partial charge in [0.15, 0.2) is 0 Å². The van der Waals surface area contributed by atoms with Crippen LogP contribution in [0.15, 0.2) is 41.2 Å². The van der Waals surface area contributed by atoms with Gasteiger partial charge in [0.1, 0.15) is 11.9 Å². The van der Waals surface area contributed by atoms with Crippen LogP contribution in [0.1, 0.15) is 79.9 Å². The molecule has 214 valence electrons. The Labute approximate surface area is 238 Å². The van der Waals surface area contributed by atoms with E-state index < -0.39 is 30.0 Å². The van der Waals surface area contributed by atoms with E-state index in [1.165, 1.54) is 24.8 Å². The SMILES string of the molecule is CCN(c1ncc(-c2cscc2C)cc1CN1C(=O)O[C@H](c2cc(C)cc(C(F)(F)F)c2)[C@@H]1C)C1CCCCC1. The largest absolute Gasteiger partial charge is 0.439 e.